The van der Waals surface area contributed by atoms with Crippen molar-refractivity contribution in [2.45, 2.75) is 58.8 Å². The Morgan fingerprint density at radius 1 is 1.38 bits per heavy atom. The summed E-state index contributed by atoms with van der Waals surface area (Å²) in [4.78, 5) is 23.5. The third kappa shape index (κ3) is 8.72. The second-order valence-electron chi connectivity index (χ2n) is 4.82. The van der Waals surface area contributed by atoms with Gasteiger partial charge < -0.3 is 19.5 Å². The number of rotatable bonds is 5. The lowest BCUT2D eigenvalue weighted by Gasteiger charge is -2.35. The summed E-state index contributed by atoms with van der Waals surface area (Å²) in [6.07, 6.45) is 2.22. The summed E-state index contributed by atoms with van der Waals surface area (Å²) in [5.41, 5.74) is 0. The molecular formula is C18H35NO5. The minimum Gasteiger partial charge on any atom is -0.464 e. The van der Waals surface area contributed by atoms with Crippen molar-refractivity contribution >= 4 is 12.1 Å². The van der Waals surface area contributed by atoms with Crippen LogP contribution in [-0.2, 0) is 19.0 Å². The molecule has 6 heteroatoms. The van der Waals surface area contributed by atoms with E-state index in [1.807, 2.05) is 20.8 Å². The number of hydrogen-bond donors (Lipinski definition) is 1. The first kappa shape index (κ1) is 24.4. The van der Waals surface area contributed by atoms with Crippen LogP contribution in [0.1, 0.15) is 42.0 Å². The molecule has 0 spiro atoms. The number of esters is 1. The van der Waals surface area contributed by atoms with Gasteiger partial charge in [-0.05, 0) is 32.6 Å². The molecule has 1 rings (SSSR count). The summed E-state index contributed by atoms with van der Waals surface area (Å²) in [5, 5.41) is 2.56. The molecule has 4 atom stereocenters. The van der Waals surface area contributed by atoms with Crippen LogP contribution in [-0.4, -0.2) is 44.0 Å². The van der Waals surface area contributed by atoms with E-state index < -0.39 is 18.1 Å². The van der Waals surface area contributed by atoms with Crippen LogP contribution in [0.4, 0.5) is 4.79 Å². The Morgan fingerprint density at radius 3 is 2.42 bits per heavy atom. The van der Waals surface area contributed by atoms with Gasteiger partial charge in [0.05, 0.1) is 25.9 Å². The fourth-order valence-corrected chi connectivity index (χ4v) is 2.44. The molecule has 6 nitrogen and oxygen atoms in total. The predicted molar refractivity (Wildman–Crippen MR) is 97.9 cm³/mol. The molecule has 0 radical (unpaired) electrons. The Labute approximate surface area is 147 Å². The van der Waals surface area contributed by atoms with E-state index in [0.717, 1.165) is 0 Å². The van der Waals surface area contributed by atoms with Gasteiger partial charge in [-0.2, -0.15) is 0 Å². The zero-order valence-electron chi connectivity index (χ0n) is 15.7. The lowest BCUT2D eigenvalue weighted by molar-refractivity contribution is -0.149. The monoisotopic (exact) mass is 345 g/mol. The molecule has 1 amide bonds. The SMILES string of the molecule is C=C.C=C[C@H]1C[C@@H]([C@H](NC(=O)OC)C(=O)OCC)CC(C)O1.CC.[HH]. The highest BCUT2D eigenvalue weighted by Crippen LogP contribution is 2.28. The minimum absolute atomic E-state index is 0. The molecule has 0 aromatic carbocycles. The number of methoxy groups -OCH3 is 1. The summed E-state index contributed by atoms with van der Waals surface area (Å²) < 4.78 is 15.3. The summed E-state index contributed by atoms with van der Waals surface area (Å²) >= 11 is 0. The topological polar surface area (TPSA) is 73.9 Å². The van der Waals surface area contributed by atoms with Gasteiger partial charge in [0.1, 0.15) is 6.04 Å². The van der Waals surface area contributed by atoms with Crippen molar-refractivity contribution in [1.29, 1.82) is 0 Å². The summed E-state index contributed by atoms with van der Waals surface area (Å²) in [6.45, 7) is 17.6. The molecule has 1 saturated heterocycles. The highest BCUT2D eigenvalue weighted by molar-refractivity contribution is 5.81. The van der Waals surface area contributed by atoms with Gasteiger partial charge in [-0.3, -0.25) is 0 Å². The molecule has 0 aromatic rings. The van der Waals surface area contributed by atoms with E-state index in [1.54, 1.807) is 13.0 Å². The Hall–Kier alpha value is -1.82. The van der Waals surface area contributed by atoms with Gasteiger partial charge >= 0.3 is 12.1 Å². The van der Waals surface area contributed by atoms with Crippen LogP contribution >= 0.6 is 0 Å². The van der Waals surface area contributed by atoms with Crippen molar-refractivity contribution in [2.24, 2.45) is 5.92 Å². The van der Waals surface area contributed by atoms with Gasteiger partial charge in [0, 0.05) is 1.43 Å². The lowest BCUT2D eigenvalue weighted by Crippen LogP contribution is -2.50. The molecule has 142 valence electrons. The van der Waals surface area contributed by atoms with Crippen molar-refractivity contribution in [1.82, 2.24) is 5.32 Å². The van der Waals surface area contributed by atoms with Crippen LogP contribution in [0.3, 0.4) is 0 Å². The molecule has 0 aliphatic carbocycles. The van der Waals surface area contributed by atoms with Gasteiger partial charge in [-0.25, -0.2) is 9.59 Å². The van der Waals surface area contributed by atoms with E-state index in [1.165, 1.54) is 7.11 Å². The van der Waals surface area contributed by atoms with E-state index in [4.69, 9.17) is 9.47 Å². The van der Waals surface area contributed by atoms with E-state index in [2.05, 4.69) is 29.8 Å². The molecule has 0 saturated carbocycles. The summed E-state index contributed by atoms with van der Waals surface area (Å²) in [5.74, 6) is -0.514. The van der Waals surface area contributed by atoms with Crippen molar-refractivity contribution in [2.75, 3.05) is 13.7 Å². The Bertz CT molecular complexity index is 378. The highest BCUT2D eigenvalue weighted by Gasteiger charge is 2.37. The molecule has 1 heterocycles. The van der Waals surface area contributed by atoms with Crippen molar-refractivity contribution in [3.63, 3.8) is 0 Å². The first-order chi connectivity index (χ1) is 11.5. The van der Waals surface area contributed by atoms with E-state index >= 15 is 0 Å². The quantitative estimate of drug-likeness (QED) is 0.607. The fourth-order valence-electron chi connectivity index (χ4n) is 2.44. The summed E-state index contributed by atoms with van der Waals surface area (Å²) in [6, 6.07) is -0.726. The number of carbonyl (C=O) groups excluding carboxylic acids is 2. The van der Waals surface area contributed by atoms with Crippen LogP contribution < -0.4 is 5.32 Å². The second-order valence-corrected chi connectivity index (χ2v) is 4.82. The van der Waals surface area contributed by atoms with Gasteiger partial charge in [-0.15, -0.1) is 19.7 Å². The van der Waals surface area contributed by atoms with Gasteiger partial charge in [0.15, 0.2) is 0 Å². The molecule has 1 N–H and O–H groups in total. The predicted octanol–water partition coefficient (Wildman–Crippen LogP) is 3.72. The number of nitrogens with one attached hydrogen (secondary N) is 1. The summed E-state index contributed by atoms with van der Waals surface area (Å²) in [7, 11) is 1.26. The second kappa shape index (κ2) is 14.8. The third-order valence-electron chi connectivity index (χ3n) is 3.31. The number of carbonyl (C=O) groups is 2. The average Bonchev–Trinajstić information content (AvgIpc) is 2.62. The van der Waals surface area contributed by atoms with Crippen LogP contribution in [0.25, 0.3) is 0 Å². The average molecular weight is 345 g/mol. The molecule has 1 fully saturated rings. The standard InChI is InChI=1S/C14H23NO5.C2H6.C2H4.H2/c1-5-11-8-10(7-9(3)20-11)12(13(16)19-6-2)15-14(17)18-4;2*1-2;/h5,9-12H,1,6-8H2,2-4H3,(H,15,17);1-2H3;1-2H2;1H/t9?,10-,11-,12-;;;/m0.../s1. The first-order valence-corrected chi connectivity index (χ1v) is 8.30. The van der Waals surface area contributed by atoms with Gasteiger partial charge in [-0.1, -0.05) is 19.9 Å². The maximum atomic E-state index is 12.0. The molecule has 0 aromatic heterocycles. The van der Waals surface area contributed by atoms with Crippen LogP contribution in [0.5, 0.6) is 0 Å². The molecular weight excluding hydrogens is 310 g/mol. The smallest absolute Gasteiger partial charge is 0.407 e. The molecule has 1 aliphatic rings. The molecule has 1 aliphatic heterocycles. The first-order valence-electron chi connectivity index (χ1n) is 8.30. The van der Waals surface area contributed by atoms with Crippen LogP contribution in [0, 0.1) is 5.92 Å². The zero-order valence-corrected chi connectivity index (χ0v) is 15.7. The number of amides is 1. The van der Waals surface area contributed by atoms with Crippen LogP contribution in [0.15, 0.2) is 25.8 Å². The molecule has 24 heavy (non-hydrogen) atoms. The van der Waals surface area contributed by atoms with E-state index in [9.17, 15) is 9.59 Å². The highest BCUT2D eigenvalue weighted by atomic mass is 16.5. The van der Waals surface area contributed by atoms with E-state index in [0.29, 0.717) is 12.8 Å². The van der Waals surface area contributed by atoms with Gasteiger partial charge in [0.2, 0.25) is 0 Å². The molecule has 0 bridgehead atoms. The number of ether oxygens (including phenoxy) is 3. The minimum atomic E-state index is -0.726. The van der Waals surface area contributed by atoms with Crippen molar-refractivity contribution in [3.05, 3.63) is 25.8 Å². The third-order valence-corrected chi connectivity index (χ3v) is 3.31. The molecule has 1 unspecified atom stereocenters. The maximum absolute atomic E-state index is 12.0. The lowest BCUT2D eigenvalue weighted by atomic mass is 9.86. The van der Waals surface area contributed by atoms with Gasteiger partial charge in [0.25, 0.3) is 0 Å². The Kier molecular flexibility index (Phi) is 15.0. The Balaban J connectivity index is -0.000000899. The zero-order chi connectivity index (χ0) is 19.1. The van der Waals surface area contributed by atoms with Crippen LogP contribution in [0.2, 0.25) is 0 Å². The fraction of sp³-hybridized carbons (Fsp3) is 0.667. The maximum Gasteiger partial charge on any atom is 0.407 e. The van der Waals surface area contributed by atoms with E-state index in [-0.39, 0.29) is 26.2 Å². The van der Waals surface area contributed by atoms with Crippen molar-refractivity contribution < 1.29 is 25.2 Å². The van der Waals surface area contributed by atoms with Crippen molar-refractivity contribution in [3.8, 4) is 0 Å². The largest absolute Gasteiger partial charge is 0.464 e. The Morgan fingerprint density at radius 2 is 1.96 bits per heavy atom. The number of hydrogen-bond acceptors (Lipinski definition) is 5. The number of alkyl carbamates (subject to hydrolysis) is 1. The normalized spacial score (nSPS) is 23.1.